The number of hydrogen-bond donors (Lipinski definition) is 2. The Bertz CT molecular complexity index is 1070. The molecule has 0 fully saturated rings. The second kappa shape index (κ2) is 10.1. The quantitative estimate of drug-likeness (QED) is 0.508. The number of fused-ring (bicyclic) bond motifs is 1. The summed E-state index contributed by atoms with van der Waals surface area (Å²) in [7, 11) is 1.64. The van der Waals surface area contributed by atoms with Crippen LogP contribution in [0.2, 0.25) is 0 Å². The van der Waals surface area contributed by atoms with Crippen molar-refractivity contribution < 1.29 is 9.84 Å². The number of aromatic amines is 1. The second-order valence-corrected chi connectivity index (χ2v) is 8.28. The molecule has 0 aliphatic heterocycles. The minimum Gasteiger partial charge on any atom is -0.395 e. The zero-order valence-electron chi connectivity index (χ0n) is 18.9. The van der Waals surface area contributed by atoms with E-state index in [1.54, 1.807) is 11.8 Å². The fraction of sp³-hybridized carbons (Fsp3) is 0.545. The Balaban J connectivity index is 1.99. The fourth-order valence-electron chi connectivity index (χ4n) is 3.95. The third-order valence-corrected chi connectivity index (χ3v) is 5.65. The van der Waals surface area contributed by atoms with E-state index in [1.807, 2.05) is 19.1 Å². The van der Waals surface area contributed by atoms with Crippen LogP contribution in [0.15, 0.2) is 23.0 Å². The predicted octanol–water partition coefficient (Wildman–Crippen LogP) is 1.97. The van der Waals surface area contributed by atoms with E-state index in [1.165, 1.54) is 5.56 Å². The predicted molar refractivity (Wildman–Crippen MR) is 119 cm³/mol. The molecule has 1 aromatic carbocycles. The maximum absolute atomic E-state index is 12.8. The van der Waals surface area contributed by atoms with Crippen LogP contribution in [0.4, 0.5) is 0 Å². The van der Waals surface area contributed by atoms with Crippen LogP contribution in [-0.4, -0.2) is 62.1 Å². The molecule has 0 amide bonds. The van der Waals surface area contributed by atoms with Crippen molar-refractivity contribution in [1.82, 2.24) is 30.1 Å². The number of H-pyrrole nitrogens is 1. The molecule has 0 unspecified atom stereocenters. The number of ether oxygens (including phenoxy) is 1. The Morgan fingerprint density at radius 1 is 1.23 bits per heavy atom. The maximum atomic E-state index is 12.8. The average molecular weight is 429 g/mol. The van der Waals surface area contributed by atoms with Crippen LogP contribution in [0.3, 0.4) is 0 Å². The molecular formula is C22H32N6O3. The first-order chi connectivity index (χ1) is 14.8. The SMILES string of the molecule is COCCn1nnnc1[C@H](C(C)C)N(CCO)Cc1cc2cc(C)c(C)cc2[nH]c1=O. The highest BCUT2D eigenvalue weighted by atomic mass is 16.5. The van der Waals surface area contributed by atoms with Crippen LogP contribution in [0.1, 0.15) is 42.4 Å². The van der Waals surface area contributed by atoms with E-state index in [4.69, 9.17) is 4.74 Å². The Hall–Kier alpha value is -2.62. The molecule has 2 aromatic heterocycles. The third kappa shape index (κ3) is 5.17. The standard InChI is InChI=1S/C22H32N6O3/c1-14(2)20(21-24-25-26-28(21)7-9-31-5)27(6-8-29)13-18-12-17-10-15(3)16(4)11-19(17)23-22(18)30/h10-12,14,20,29H,6-9,13H2,1-5H3,(H,23,30)/t20-/m0/s1. The summed E-state index contributed by atoms with van der Waals surface area (Å²) in [4.78, 5) is 17.9. The number of nitrogens with zero attached hydrogens (tertiary/aromatic N) is 5. The number of methoxy groups -OCH3 is 1. The Morgan fingerprint density at radius 2 is 1.97 bits per heavy atom. The van der Waals surface area contributed by atoms with Crippen molar-refractivity contribution in [3.63, 3.8) is 0 Å². The van der Waals surface area contributed by atoms with Gasteiger partial charge in [0.25, 0.3) is 5.56 Å². The van der Waals surface area contributed by atoms with E-state index in [0.717, 1.165) is 16.5 Å². The number of aliphatic hydroxyl groups excluding tert-OH is 1. The monoisotopic (exact) mass is 428 g/mol. The molecule has 0 bridgehead atoms. The van der Waals surface area contributed by atoms with Crippen molar-refractivity contribution in [3.8, 4) is 0 Å². The number of rotatable bonds is 10. The lowest BCUT2D eigenvalue weighted by Crippen LogP contribution is -2.37. The van der Waals surface area contributed by atoms with E-state index in [2.05, 4.69) is 52.2 Å². The zero-order valence-corrected chi connectivity index (χ0v) is 18.9. The molecule has 168 valence electrons. The minimum atomic E-state index is -0.172. The highest BCUT2D eigenvalue weighted by molar-refractivity contribution is 5.80. The van der Waals surface area contributed by atoms with Crippen molar-refractivity contribution in [2.24, 2.45) is 5.92 Å². The first kappa shape index (κ1) is 23.1. The van der Waals surface area contributed by atoms with Gasteiger partial charge >= 0.3 is 0 Å². The van der Waals surface area contributed by atoms with E-state index in [-0.39, 0.29) is 24.1 Å². The normalized spacial score (nSPS) is 12.9. The first-order valence-electron chi connectivity index (χ1n) is 10.6. The van der Waals surface area contributed by atoms with Gasteiger partial charge in [-0.2, -0.15) is 0 Å². The van der Waals surface area contributed by atoms with E-state index < -0.39 is 0 Å². The smallest absolute Gasteiger partial charge is 0.252 e. The number of hydrogen-bond acceptors (Lipinski definition) is 7. The Morgan fingerprint density at radius 3 is 2.65 bits per heavy atom. The number of pyridine rings is 1. The Labute approximate surface area is 182 Å². The molecule has 9 heteroatoms. The largest absolute Gasteiger partial charge is 0.395 e. The zero-order chi connectivity index (χ0) is 22.5. The molecule has 2 N–H and O–H groups in total. The van der Waals surface area contributed by atoms with Crippen molar-refractivity contribution in [1.29, 1.82) is 0 Å². The first-order valence-corrected chi connectivity index (χ1v) is 10.6. The number of aryl methyl sites for hydroxylation is 2. The van der Waals surface area contributed by atoms with Crippen LogP contribution in [0, 0.1) is 19.8 Å². The number of benzene rings is 1. The number of tetrazole rings is 1. The highest BCUT2D eigenvalue weighted by Crippen LogP contribution is 2.28. The summed E-state index contributed by atoms with van der Waals surface area (Å²) < 4.78 is 6.90. The average Bonchev–Trinajstić information content (AvgIpc) is 3.16. The number of nitrogens with one attached hydrogen (secondary N) is 1. The highest BCUT2D eigenvalue weighted by Gasteiger charge is 2.29. The van der Waals surface area contributed by atoms with Gasteiger partial charge in [-0.05, 0) is 64.9 Å². The van der Waals surface area contributed by atoms with Gasteiger partial charge in [0.1, 0.15) is 0 Å². The van der Waals surface area contributed by atoms with Crippen molar-refractivity contribution in [3.05, 3.63) is 51.1 Å². The van der Waals surface area contributed by atoms with Gasteiger partial charge in [0.05, 0.1) is 25.8 Å². The van der Waals surface area contributed by atoms with E-state index in [9.17, 15) is 9.90 Å². The third-order valence-electron chi connectivity index (χ3n) is 5.65. The van der Waals surface area contributed by atoms with Crippen LogP contribution in [0.25, 0.3) is 10.9 Å². The summed E-state index contributed by atoms with van der Waals surface area (Å²) in [6.45, 7) is 10.0. The summed E-state index contributed by atoms with van der Waals surface area (Å²) in [5.41, 5.74) is 3.66. The second-order valence-electron chi connectivity index (χ2n) is 8.28. The summed E-state index contributed by atoms with van der Waals surface area (Å²) in [5, 5.41) is 23.0. The lowest BCUT2D eigenvalue weighted by molar-refractivity contribution is 0.103. The summed E-state index contributed by atoms with van der Waals surface area (Å²) >= 11 is 0. The number of aliphatic hydroxyl groups is 1. The van der Waals surface area contributed by atoms with E-state index >= 15 is 0 Å². The van der Waals surface area contributed by atoms with Crippen molar-refractivity contribution in [2.45, 2.75) is 46.8 Å². The van der Waals surface area contributed by atoms with Crippen molar-refractivity contribution in [2.75, 3.05) is 26.9 Å². The van der Waals surface area contributed by atoms with Gasteiger partial charge in [0.2, 0.25) is 0 Å². The lowest BCUT2D eigenvalue weighted by atomic mass is 10.00. The summed E-state index contributed by atoms with van der Waals surface area (Å²) in [6, 6.07) is 5.86. The minimum absolute atomic E-state index is 0.0351. The van der Waals surface area contributed by atoms with Crippen LogP contribution >= 0.6 is 0 Å². The molecule has 3 rings (SSSR count). The number of aromatic nitrogens is 5. The van der Waals surface area contributed by atoms with Gasteiger partial charge in [-0.1, -0.05) is 13.8 Å². The van der Waals surface area contributed by atoms with E-state index in [0.29, 0.717) is 37.6 Å². The summed E-state index contributed by atoms with van der Waals surface area (Å²) in [6.07, 6.45) is 0. The molecule has 9 nitrogen and oxygen atoms in total. The molecule has 31 heavy (non-hydrogen) atoms. The van der Waals surface area contributed by atoms with Gasteiger partial charge in [0.15, 0.2) is 5.82 Å². The van der Waals surface area contributed by atoms with Crippen molar-refractivity contribution >= 4 is 10.9 Å². The Kier molecular flexibility index (Phi) is 7.53. The fourth-order valence-corrected chi connectivity index (χ4v) is 3.95. The molecule has 1 atom stereocenters. The maximum Gasteiger partial charge on any atom is 0.252 e. The molecule has 0 radical (unpaired) electrons. The van der Waals surface area contributed by atoms with Gasteiger partial charge in [0, 0.05) is 31.3 Å². The molecule has 0 aliphatic carbocycles. The summed E-state index contributed by atoms with van der Waals surface area (Å²) in [5.74, 6) is 0.854. The topological polar surface area (TPSA) is 109 Å². The molecule has 0 saturated heterocycles. The van der Waals surface area contributed by atoms with Gasteiger partial charge in [-0.25, -0.2) is 4.68 Å². The molecule has 0 aliphatic rings. The van der Waals surface area contributed by atoms with Crippen LogP contribution in [-0.2, 0) is 17.8 Å². The molecule has 0 saturated carbocycles. The lowest BCUT2D eigenvalue weighted by Gasteiger charge is -2.33. The molecule has 3 aromatic rings. The molecular weight excluding hydrogens is 396 g/mol. The van der Waals surface area contributed by atoms with Gasteiger partial charge in [-0.15, -0.1) is 5.10 Å². The van der Waals surface area contributed by atoms with Crippen LogP contribution in [0.5, 0.6) is 0 Å². The van der Waals surface area contributed by atoms with Gasteiger partial charge in [-0.3, -0.25) is 9.69 Å². The molecule has 2 heterocycles. The molecule has 0 spiro atoms. The van der Waals surface area contributed by atoms with Gasteiger partial charge < -0.3 is 14.8 Å². The van der Waals surface area contributed by atoms with Crippen LogP contribution < -0.4 is 5.56 Å².